The lowest BCUT2D eigenvalue weighted by atomic mass is 9.91. The van der Waals surface area contributed by atoms with Crippen LogP contribution in [0.3, 0.4) is 0 Å². The van der Waals surface area contributed by atoms with Crippen LogP contribution < -0.4 is 0 Å². The van der Waals surface area contributed by atoms with Crippen molar-refractivity contribution in [3.63, 3.8) is 0 Å². The maximum atomic E-state index is 13.2. The van der Waals surface area contributed by atoms with E-state index in [1.165, 1.54) is 36.8 Å². The molecule has 1 saturated carbocycles. The highest BCUT2D eigenvalue weighted by Gasteiger charge is 2.35. The fraction of sp³-hybridized carbons (Fsp3) is 0.696. The summed E-state index contributed by atoms with van der Waals surface area (Å²) in [6.45, 7) is 0.878. The van der Waals surface area contributed by atoms with Gasteiger partial charge in [-0.2, -0.15) is 4.31 Å². The van der Waals surface area contributed by atoms with E-state index in [0.29, 0.717) is 36.9 Å². The Morgan fingerprint density at radius 3 is 2.28 bits per heavy atom. The predicted molar refractivity (Wildman–Crippen MR) is 114 cm³/mol. The van der Waals surface area contributed by atoms with Crippen molar-refractivity contribution in [2.45, 2.75) is 81.6 Å². The molecule has 160 valence electrons. The minimum absolute atomic E-state index is 0.0445. The van der Waals surface area contributed by atoms with Crippen LogP contribution in [0.4, 0.5) is 0 Å². The van der Waals surface area contributed by atoms with Gasteiger partial charge in [-0.05, 0) is 74.6 Å². The third-order valence-electron chi connectivity index (χ3n) is 7.23. The summed E-state index contributed by atoms with van der Waals surface area (Å²) in [6.07, 6.45) is 11.5. The van der Waals surface area contributed by atoms with Crippen molar-refractivity contribution in [2.75, 3.05) is 20.1 Å². The summed E-state index contributed by atoms with van der Waals surface area (Å²) in [5, 5.41) is 0. The average Bonchev–Trinajstić information content (AvgIpc) is 2.78. The first-order valence-corrected chi connectivity index (χ1v) is 12.8. The summed E-state index contributed by atoms with van der Waals surface area (Å²) in [4.78, 5) is 15.3. The van der Waals surface area contributed by atoms with Crippen LogP contribution in [0.15, 0.2) is 23.1 Å². The monoisotopic (exact) mass is 418 g/mol. The fourth-order valence-corrected chi connectivity index (χ4v) is 6.82. The Kier molecular flexibility index (Phi) is 6.30. The van der Waals surface area contributed by atoms with Gasteiger partial charge in [-0.25, -0.2) is 8.42 Å². The van der Waals surface area contributed by atoms with Crippen LogP contribution in [-0.2, 0) is 27.7 Å². The van der Waals surface area contributed by atoms with Crippen molar-refractivity contribution < 1.29 is 13.2 Å². The quantitative estimate of drug-likeness (QED) is 0.748. The second kappa shape index (κ2) is 8.76. The van der Waals surface area contributed by atoms with E-state index in [2.05, 4.69) is 0 Å². The van der Waals surface area contributed by atoms with Gasteiger partial charge in [-0.15, -0.1) is 0 Å². The standard InChI is InChI=1S/C23H34N2O3S/c1-24(21-9-3-2-4-10-21)23(26)19-13-15-25(16-14-19)29(27,28)22-12-11-18-7-5-6-8-20(18)17-22/h11-12,17,19,21H,2-10,13-16H2,1H3. The SMILES string of the molecule is CN(C(=O)C1CCN(S(=O)(=O)c2ccc3c(c2)CCCC3)CC1)C1CCCCC1. The van der Waals surface area contributed by atoms with E-state index in [9.17, 15) is 13.2 Å². The smallest absolute Gasteiger partial charge is 0.243 e. The zero-order valence-corrected chi connectivity index (χ0v) is 18.4. The number of amides is 1. The number of piperidine rings is 1. The molecule has 1 amide bonds. The van der Waals surface area contributed by atoms with E-state index in [1.54, 1.807) is 10.4 Å². The van der Waals surface area contributed by atoms with Crippen LogP contribution in [0.2, 0.25) is 0 Å². The molecule has 1 aromatic rings. The Balaban J connectivity index is 1.39. The predicted octanol–water partition coefficient (Wildman–Crippen LogP) is 3.76. The second-order valence-electron chi connectivity index (χ2n) is 9.06. The minimum Gasteiger partial charge on any atom is -0.343 e. The van der Waals surface area contributed by atoms with Crippen LogP contribution in [-0.4, -0.2) is 49.7 Å². The summed E-state index contributed by atoms with van der Waals surface area (Å²) in [7, 11) is -1.54. The van der Waals surface area contributed by atoms with E-state index < -0.39 is 10.0 Å². The van der Waals surface area contributed by atoms with Gasteiger partial charge in [0.2, 0.25) is 15.9 Å². The maximum Gasteiger partial charge on any atom is 0.243 e. The van der Waals surface area contributed by atoms with Gasteiger partial charge < -0.3 is 4.90 Å². The highest BCUT2D eigenvalue weighted by molar-refractivity contribution is 7.89. The van der Waals surface area contributed by atoms with Gasteiger partial charge in [0.15, 0.2) is 0 Å². The van der Waals surface area contributed by atoms with Crippen LogP contribution in [0.1, 0.15) is 68.9 Å². The van der Waals surface area contributed by atoms with E-state index in [4.69, 9.17) is 0 Å². The summed E-state index contributed by atoms with van der Waals surface area (Å²) in [6, 6.07) is 6.02. The summed E-state index contributed by atoms with van der Waals surface area (Å²) < 4.78 is 27.9. The molecular weight excluding hydrogens is 384 g/mol. The molecule has 0 unspecified atom stereocenters. The summed E-state index contributed by atoms with van der Waals surface area (Å²) in [5.74, 6) is 0.166. The van der Waals surface area contributed by atoms with E-state index >= 15 is 0 Å². The third kappa shape index (κ3) is 4.38. The third-order valence-corrected chi connectivity index (χ3v) is 9.13. The number of rotatable bonds is 4. The van der Waals surface area contributed by atoms with E-state index in [1.807, 2.05) is 24.1 Å². The summed E-state index contributed by atoms with van der Waals surface area (Å²) in [5.41, 5.74) is 2.49. The fourth-order valence-electron chi connectivity index (χ4n) is 5.30. The number of sulfonamides is 1. The molecule has 0 N–H and O–H groups in total. The molecule has 0 aromatic heterocycles. The molecule has 0 atom stereocenters. The molecule has 1 heterocycles. The van der Waals surface area contributed by atoms with Crippen LogP contribution >= 0.6 is 0 Å². The number of nitrogens with zero attached hydrogens (tertiary/aromatic N) is 2. The molecule has 1 aliphatic heterocycles. The average molecular weight is 419 g/mol. The Morgan fingerprint density at radius 2 is 1.59 bits per heavy atom. The van der Waals surface area contributed by atoms with E-state index in [0.717, 1.165) is 32.1 Å². The zero-order valence-electron chi connectivity index (χ0n) is 17.6. The Morgan fingerprint density at radius 1 is 0.931 bits per heavy atom. The molecule has 0 spiro atoms. The lowest BCUT2D eigenvalue weighted by molar-refractivity contribution is -0.138. The maximum absolute atomic E-state index is 13.2. The molecule has 2 fully saturated rings. The Hall–Kier alpha value is -1.40. The molecule has 6 heteroatoms. The highest BCUT2D eigenvalue weighted by Crippen LogP contribution is 2.30. The first kappa shape index (κ1) is 20.9. The minimum atomic E-state index is -3.48. The number of benzene rings is 1. The zero-order chi connectivity index (χ0) is 20.4. The molecule has 0 radical (unpaired) electrons. The number of carbonyl (C=O) groups is 1. The van der Waals surface area contributed by atoms with Crippen molar-refractivity contribution in [3.8, 4) is 0 Å². The van der Waals surface area contributed by atoms with E-state index in [-0.39, 0.29) is 11.8 Å². The molecule has 1 saturated heterocycles. The molecular formula is C23H34N2O3S. The van der Waals surface area contributed by atoms with Crippen LogP contribution in [0.5, 0.6) is 0 Å². The number of hydrogen-bond acceptors (Lipinski definition) is 3. The summed E-state index contributed by atoms with van der Waals surface area (Å²) >= 11 is 0. The number of carbonyl (C=O) groups excluding carboxylic acids is 1. The molecule has 29 heavy (non-hydrogen) atoms. The molecule has 0 bridgehead atoms. The number of fused-ring (bicyclic) bond motifs is 1. The molecule has 5 nitrogen and oxygen atoms in total. The van der Waals surface area contributed by atoms with Crippen molar-refractivity contribution in [2.24, 2.45) is 5.92 Å². The molecule has 2 aliphatic carbocycles. The van der Waals surface area contributed by atoms with Crippen molar-refractivity contribution in [1.82, 2.24) is 9.21 Å². The number of hydrogen-bond donors (Lipinski definition) is 0. The lowest BCUT2D eigenvalue weighted by Crippen LogP contribution is -2.46. The molecule has 4 rings (SSSR count). The van der Waals surface area contributed by atoms with Crippen LogP contribution in [0, 0.1) is 5.92 Å². The topological polar surface area (TPSA) is 57.7 Å². The highest BCUT2D eigenvalue weighted by atomic mass is 32.2. The van der Waals surface area contributed by atoms with Gasteiger partial charge in [0.05, 0.1) is 4.90 Å². The van der Waals surface area contributed by atoms with Crippen molar-refractivity contribution >= 4 is 15.9 Å². The second-order valence-corrected chi connectivity index (χ2v) is 11.0. The first-order chi connectivity index (χ1) is 14.0. The van der Waals surface area contributed by atoms with Crippen molar-refractivity contribution in [3.05, 3.63) is 29.3 Å². The van der Waals surface area contributed by atoms with Gasteiger partial charge >= 0.3 is 0 Å². The Bertz CT molecular complexity index is 838. The first-order valence-electron chi connectivity index (χ1n) is 11.4. The Labute approximate surface area is 175 Å². The van der Waals surface area contributed by atoms with Gasteiger partial charge in [-0.1, -0.05) is 25.3 Å². The molecule has 3 aliphatic rings. The van der Waals surface area contributed by atoms with Gasteiger partial charge in [0, 0.05) is 32.1 Å². The lowest BCUT2D eigenvalue weighted by Gasteiger charge is -2.36. The van der Waals surface area contributed by atoms with Gasteiger partial charge in [-0.3, -0.25) is 4.79 Å². The van der Waals surface area contributed by atoms with Crippen molar-refractivity contribution in [1.29, 1.82) is 0 Å². The van der Waals surface area contributed by atoms with Gasteiger partial charge in [0.25, 0.3) is 0 Å². The number of aryl methyl sites for hydroxylation is 2. The largest absolute Gasteiger partial charge is 0.343 e. The molecule has 1 aromatic carbocycles. The normalized spacial score (nSPS) is 22.2. The van der Waals surface area contributed by atoms with Crippen LogP contribution in [0.25, 0.3) is 0 Å². The van der Waals surface area contributed by atoms with Gasteiger partial charge in [0.1, 0.15) is 0 Å².